The summed E-state index contributed by atoms with van der Waals surface area (Å²) in [5, 5.41) is 15.6. The van der Waals surface area contributed by atoms with Gasteiger partial charge in [-0.05, 0) is 24.3 Å². The Morgan fingerprint density at radius 1 is 1.21 bits per heavy atom. The Bertz CT molecular complexity index is 717. The molecule has 128 valence electrons. The standard InChI is InChI=1S/C14H15N3O6S/c15-14(22)17-10(18)5-3-4-24-12(5)16-11(19)8-6-1-2-7(23-6)9(8)13(20)21/h3-4,6-9H,1-2H2,(H,16,19)(H,20,21)(H3,15,17,18,22)/t6-,7-,8+,9+/m1/s1. The lowest BCUT2D eigenvalue weighted by Gasteiger charge is -2.23. The molecule has 0 spiro atoms. The topological polar surface area (TPSA) is 148 Å². The van der Waals surface area contributed by atoms with E-state index in [1.54, 1.807) is 5.38 Å². The van der Waals surface area contributed by atoms with E-state index in [0.717, 1.165) is 11.3 Å². The molecule has 0 aliphatic carbocycles. The van der Waals surface area contributed by atoms with Crippen LogP contribution in [0.3, 0.4) is 0 Å². The third-order valence-electron chi connectivity index (χ3n) is 4.24. The van der Waals surface area contributed by atoms with Crippen LogP contribution in [0.4, 0.5) is 9.80 Å². The number of amides is 4. The van der Waals surface area contributed by atoms with Gasteiger partial charge < -0.3 is 20.9 Å². The highest BCUT2D eigenvalue weighted by molar-refractivity contribution is 7.14. The molecule has 24 heavy (non-hydrogen) atoms. The SMILES string of the molecule is NC(=O)NC(=O)c1ccsc1NC(=O)[C@@H]1[C@@H](C(=O)O)[C@H]2CC[C@H]1O2. The minimum atomic E-state index is -1.07. The molecule has 9 nitrogen and oxygen atoms in total. The predicted octanol–water partition coefficient (Wildman–Crippen LogP) is 0.373. The van der Waals surface area contributed by atoms with Gasteiger partial charge in [0.2, 0.25) is 5.91 Å². The van der Waals surface area contributed by atoms with Crippen molar-refractivity contribution in [1.29, 1.82) is 0 Å². The van der Waals surface area contributed by atoms with Crippen LogP contribution in [0.2, 0.25) is 0 Å². The third kappa shape index (κ3) is 2.85. The van der Waals surface area contributed by atoms with Crippen LogP contribution in [0, 0.1) is 11.8 Å². The largest absolute Gasteiger partial charge is 0.481 e. The molecule has 2 bridgehead atoms. The maximum absolute atomic E-state index is 12.5. The lowest BCUT2D eigenvalue weighted by Crippen LogP contribution is -2.41. The van der Waals surface area contributed by atoms with Crippen LogP contribution in [-0.4, -0.2) is 41.1 Å². The summed E-state index contributed by atoms with van der Waals surface area (Å²) < 4.78 is 5.55. The maximum Gasteiger partial charge on any atom is 0.319 e. The van der Waals surface area contributed by atoms with E-state index in [1.165, 1.54) is 6.07 Å². The normalized spacial score (nSPS) is 27.7. The van der Waals surface area contributed by atoms with Crippen molar-refractivity contribution in [2.45, 2.75) is 25.0 Å². The van der Waals surface area contributed by atoms with Crippen molar-refractivity contribution in [3.63, 3.8) is 0 Å². The molecule has 0 unspecified atom stereocenters. The number of carbonyl (C=O) groups is 4. The number of nitrogens with one attached hydrogen (secondary N) is 2. The molecule has 1 aromatic heterocycles. The van der Waals surface area contributed by atoms with Gasteiger partial charge in [0.05, 0.1) is 29.6 Å². The summed E-state index contributed by atoms with van der Waals surface area (Å²) in [6.07, 6.45) is 0.367. The van der Waals surface area contributed by atoms with E-state index in [1.807, 2.05) is 5.32 Å². The Labute approximate surface area is 140 Å². The monoisotopic (exact) mass is 353 g/mol. The number of aliphatic carboxylic acids is 1. The van der Waals surface area contributed by atoms with Crippen LogP contribution in [0.15, 0.2) is 11.4 Å². The van der Waals surface area contributed by atoms with E-state index in [0.29, 0.717) is 12.8 Å². The smallest absolute Gasteiger partial charge is 0.319 e. The second-order valence-electron chi connectivity index (χ2n) is 5.65. The summed E-state index contributed by atoms with van der Waals surface area (Å²) in [5.74, 6) is -4.02. The van der Waals surface area contributed by atoms with Gasteiger partial charge in [-0.3, -0.25) is 19.7 Å². The molecule has 0 saturated carbocycles. The molecular formula is C14H15N3O6S. The number of anilines is 1. The van der Waals surface area contributed by atoms with Gasteiger partial charge >= 0.3 is 12.0 Å². The van der Waals surface area contributed by atoms with Gasteiger partial charge in [0.15, 0.2) is 0 Å². The van der Waals surface area contributed by atoms with Crippen molar-refractivity contribution in [3.05, 3.63) is 17.0 Å². The first-order valence-electron chi connectivity index (χ1n) is 7.26. The molecular weight excluding hydrogens is 338 g/mol. The van der Waals surface area contributed by atoms with Gasteiger partial charge in [0.1, 0.15) is 5.00 Å². The Kier molecular flexibility index (Phi) is 4.24. The lowest BCUT2D eigenvalue weighted by molar-refractivity contribution is -0.147. The summed E-state index contributed by atoms with van der Waals surface area (Å²) in [6, 6.07) is 0.431. The van der Waals surface area contributed by atoms with Gasteiger partial charge in [0, 0.05) is 0 Å². The molecule has 1 aromatic rings. The number of fused-ring (bicyclic) bond motifs is 2. The number of ether oxygens (including phenoxy) is 1. The number of thiophene rings is 1. The zero-order valence-electron chi connectivity index (χ0n) is 12.4. The molecule has 4 amide bonds. The van der Waals surface area contributed by atoms with Crippen LogP contribution < -0.4 is 16.4 Å². The van der Waals surface area contributed by atoms with Gasteiger partial charge in [-0.1, -0.05) is 0 Å². The second-order valence-corrected chi connectivity index (χ2v) is 6.57. The van der Waals surface area contributed by atoms with Gasteiger partial charge in [-0.25, -0.2) is 4.79 Å². The number of urea groups is 1. The highest BCUT2D eigenvalue weighted by Gasteiger charge is 2.55. The van der Waals surface area contributed by atoms with Crippen molar-refractivity contribution in [1.82, 2.24) is 5.32 Å². The number of imide groups is 1. The fourth-order valence-corrected chi connectivity index (χ4v) is 4.07. The van der Waals surface area contributed by atoms with Gasteiger partial charge in [-0.15, -0.1) is 11.3 Å². The first-order valence-corrected chi connectivity index (χ1v) is 8.14. The first kappa shape index (κ1) is 16.4. The van der Waals surface area contributed by atoms with E-state index in [-0.39, 0.29) is 10.6 Å². The van der Waals surface area contributed by atoms with Crippen molar-refractivity contribution in [2.24, 2.45) is 17.6 Å². The Balaban J connectivity index is 1.76. The number of carboxylic acids is 1. The fourth-order valence-electron chi connectivity index (χ4n) is 3.28. The van der Waals surface area contributed by atoms with E-state index in [4.69, 9.17) is 10.5 Å². The molecule has 4 atom stereocenters. The number of primary amides is 1. The second kappa shape index (κ2) is 6.21. The van der Waals surface area contributed by atoms with Crippen molar-refractivity contribution < 1.29 is 29.0 Å². The summed E-state index contributed by atoms with van der Waals surface area (Å²) in [7, 11) is 0. The number of carboxylic acid groups (broad SMARTS) is 1. The van der Waals surface area contributed by atoms with E-state index >= 15 is 0 Å². The molecule has 3 rings (SSSR count). The molecule has 0 aromatic carbocycles. The van der Waals surface area contributed by atoms with Gasteiger partial charge in [-0.2, -0.15) is 0 Å². The number of nitrogens with two attached hydrogens (primary N) is 1. The van der Waals surface area contributed by atoms with Crippen LogP contribution in [0.5, 0.6) is 0 Å². The quantitative estimate of drug-likeness (QED) is 0.615. The Hall–Kier alpha value is -2.46. The summed E-state index contributed by atoms with van der Waals surface area (Å²) in [6.45, 7) is 0. The number of hydrogen-bond acceptors (Lipinski definition) is 6. The number of carbonyl (C=O) groups excluding carboxylic acids is 3. The Morgan fingerprint density at radius 2 is 1.88 bits per heavy atom. The summed E-state index contributed by atoms with van der Waals surface area (Å²) in [4.78, 5) is 46.6. The predicted molar refractivity (Wildman–Crippen MR) is 82.5 cm³/mol. The van der Waals surface area contributed by atoms with Crippen LogP contribution in [0.1, 0.15) is 23.2 Å². The molecule has 2 saturated heterocycles. The highest BCUT2D eigenvalue weighted by Crippen LogP contribution is 2.44. The maximum atomic E-state index is 12.5. The van der Waals surface area contributed by atoms with Crippen molar-refractivity contribution in [3.8, 4) is 0 Å². The zero-order valence-corrected chi connectivity index (χ0v) is 13.2. The highest BCUT2D eigenvalue weighted by atomic mass is 32.1. The Morgan fingerprint density at radius 3 is 2.50 bits per heavy atom. The molecule has 0 radical (unpaired) electrons. The fraction of sp³-hybridized carbons (Fsp3) is 0.429. The van der Waals surface area contributed by atoms with Crippen molar-refractivity contribution >= 4 is 40.2 Å². The molecule has 5 N–H and O–H groups in total. The average molecular weight is 353 g/mol. The van der Waals surface area contributed by atoms with E-state index < -0.39 is 47.9 Å². The zero-order chi connectivity index (χ0) is 17.4. The van der Waals surface area contributed by atoms with E-state index in [2.05, 4.69) is 5.32 Å². The first-order chi connectivity index (χ1) is 11.4. The molecule has 10 heteroatoms. The number of rotatable bonds is 4. The molecule has 2 aliphatic rings. The summed E-state index contributed by atoms with van der Waals surface area (Å²) >= 11 is 1.09. The third-order valence-corrected chi connectivity index (χ3v) is 5.07. The minimum Gasteiger partial charge on any atom is -0.481 e. The van der Waals surface area contributed by atoms with Crippen LogP contribution >= 0.6 is 11.3 Å². The van der Waals surface area contributed by atoms with Crippen LogP contribution in [0.25, 0.3) is 0 Å². The molecule has 2 fully saturated rings. The summed E-state index contributed by atoms with van der Waals surface area (Å²) in [5.41, 5.74) is 4.99. The van der Waals surface area contributed by atoms with Crippen LogP contribution in [-0.2, 0) is 14.3 Å². The number of hydrogen-bond donors (Lipinski definition) is 4. The lowest BCUT2D eigenvalue weighted by atomic mass is 9.79. The molecule has 3 heterocycles. The minimum absolute atomic E-state index is 0.0862. The average Bonchev–Trinajstić information content (AvgIpc) is 3.20. The molecule has 2 aliphatic heterocycles. The van der Waals surface area contributed by atoms with Crippen molar-refractivity contribution in [2.75, 3.05) is 5.32 Å². The van der Waals surface area contributed by atoms with Gasteiger partial charge in [0.25, 0.3) is 5.91 Å². The van der Waals surface area contributed by atoms with E-state index in [9.17, 15) is 24.3 Å².